The number of ether oxygens (including phenoxy) is 2. The van der Waals surface area contributed by atoms with Gasteiger partial charge in [0, 0.05) is 28.1 Å². The van der Waals surface area contributed by atoms with Crippen molar-refractivity contribution in [2.45, 2.75) is 38.3 Å². The number of carbonyl (C=O) groups is 3. The van der Waals surface area contributed by atoms with Crippen LogP contribution < -0.4 is 19.7 Å². The first-order valence-corrected chi connectivity index (χ1v) is 14.8. The number of para-hydroxylation sites is 1. The first kappa shape index (κ1) is 26.5. The molecule has 218 valence electrons. The quantitative estimate of drug-likeness (QED) is 0.285. The number of hydrogen-bond donors (Lipinski definition) is 1. The number of nitrogens with one attached hydrogen (secondary N) is 1. The second-order valence-electron chi connectivity index (χ2n) is 12.2. The number of Topliss-reactive ketones (excluding diaryl/α,β-unsaturated/α-hetero) is 2. The Morgan fingerprint density at radius 2 is 1.55 bits per heavy atom. The van der Waals surface area contributed by atoms with Crippen LogP contribution in [0.1, 0.15) is 49.9 Å². The summed E-state index contributed by atoms with van der Waals surface area (Å²) < 4.78 is 11.1. The lowest BCUT2D eigenvalue weighted by Gasteiger charge is -2.39. The molecule has 1 amide bonds. The van der Waals surface area contributed by atoms with Crippen LogP contribution in [0, 0.1) is 19.8 Å². The van der Waals surface area contributed by atoms with Gasteiger partial charge in [0.25, 0.3) is 0 Å². The van der Waals surface area contributed by atoms with E-state index < -0.39 is 23.4 Å². The van der Waals surface area contributed by atoms with Gasteiger partial charge in [0.2, 0.25) is 12.7 Å². The highest BCUT2D eigenvalue weighted by Gasteiger charge is 2.70. The Labute approximate surface area is 255 Å². The third kappa shape index (κ3) is 3.52. The Bertz CT molecular complexity index is 1940. The maximum Gasteiger partial charge on any atom is 0.238 e. The van der Waals surface area contributed by atoms with E-state index in [1.165, 1.54) is 0 Å². The van der Waals surface area contributed by atoms with Crippen LogP contribution in [0.4, 0.5) is 11.4 Å². The summed E-state index contributed by atoms with van der Waals surface area (Å²) in [5, 5.41) is 3.09. The molecular formula is C37H30N2O5. The number of benzene rings is 4. The van der Waals surface area contributed by atoms with Gasteiger partial charge >= 0.3 is 0 Å². The molecule has 0 saturated carbocycles. The van der Waals surface area contributed by atoms with Crippen LogP contribution >= 0.6 is 0 Å². The van der Waals surface area contributed by atoms with Crippen LogP contribution in [0.15, 0.2) is 91.0 Å². The molecule has 0 aromatic heterocycles. The minimum Gasteiger partial charge on any atom is -0.454 e. The largest absolute Gasteiger partial charge is 0.454 e. The highest BCUT2D eigenvalue weighted by molar-refractivity contribution is 6.18. The predicted molar refractivity (Wildman–Crippen MR) is 168 cm³/mol. The van der Waals surface area contributed by atoms with Crippen LogP contribution in [0.3, 0.4) is 0 Å². The Morgan fingerprint density at radius 1 is 0.818 bits per heavy atom. The van der Waals surface area contributed by atoms with E-state index in [2.05, 4.69) is 17.5 Å². The summed E-state index contributed by atoms with van der Waals surface area (Å²) >= 11 is 0. The van der Waals surface area contributed by atoms with Crippen molar-refractivity contribution in [3.8, 4) is 11.5 Å². The van der Waals surface area contributed by atoms with Crippen LogP contribution in [-0.4, -0.2) is 36.4 Å². The van der Waals surface area contributed by atoms with Gasteiger partial charge in [0.05, 0.1) is 12.0 Å². The van der Waals surface area contributed by atoms with E-state index in [1.54, 1.807) is 18.2 Å². The first-order valence-electron chi connectivity index (χ1n) is 14.8. The van der Waals surface area contributed by atoms with Gasteiger partial charge in [0.15, 0.2) is 23.1 Å². The molecule has 1 fully saturated rings. The number of carbonyl (C=O) groups excluding carboxylic acids is 3. The van der Waals surface area contributed by atoms with Crippen molar-refractivity contribution in [3.05, 3.63) is 124 Å². The third-order valence-electron chi connectivity index (χ3n) is 9.68. The van der Waals surface area contributed by atoms with Gasteiger partial charge in [-0.3, -0.25) is 14.4 Å². The van der Waals surface area contributed by atoms with E-state index in [0.717, 1.165) is 33.5 Å². The van der Waals surface area contributed by atoms with Crippen molar-refractivity contribution in [2.24, 2.45) is 5.92 Å². The second kappa shape index (κ2) is 9.41. The molecule has 0 radical (unpaired) electrons. The molecule has 4 heterocycles. The monoisotopic (exact) mass is 582 g/mol. The standard InChI is InChI=1S/C37H30N2O5/c1-20-8-11-23(12-9-20)35(41)33-32(34(40)24-13-15-29-30(18-24)44-19-43-29)37(26-6-4-5-7-27(26)38-36(37)42)31-17-22(3)25-16-21(2)10-14-28(25)39(31)33/h4-18,31-33H,19H2,1-3H3,(H,38,42)/t31-,32+,33-,37-/m1/s1. The fourth-order valence-electron chi connectivity index (χ4n) is 7.66. The summed E-state index contributed by atoms with van der Waals surface area (Å²) in [4.78, 5) is 46.6. The predicted octanol–water partition coefficient (Wildman–Crippen LogP) is 6.28. The topological polar surface area (TPSA) is 84.9 Å². The molecular weight excluding hydrogens is 552 g/mol. The molecule has 1 saturated heterocycles. The van der Waals surface area contributed by atoms with Gasteiger partial charge in [0.1, 0.15) is 11.5 Å². The zero-order valence-electron chi connectivity index (χ0n) is 24.6. The molecule has 4 aromatic carbocycles. The number of anilines is 2. The molecule has 0 aliphatic carbocycles. The van der Waals surface area contributed by atoms with Gasteiger partial charge in [-0.2, -0.15) is 0 Å². The number of hydrogen-bond acceptors (Lipinski definition) is 6. The minimum absolute atomic E-state index is 0.0702. The van der Waals surface area contributed by atoms with Crippen molar-refractivity contribution in [1.29, 1.82) is 0 Å². The summed E-state index contributed by atoms with van der Waals surface area (Å²) in [6, 6.07) is 24.6. The highest BCUT2D eigenvalue weighted by atomic mass is 16.7. The normalized spacial score (nSPS) is 24.0. The zero-order valence-corrected chi connectivity index (χ0v) is 24.6. The van der Waals surface area contributed by atoms with Crippen LogP contribution in [0.2, 0.25) is 0 Å². The van der Waals surface area contributed by atoms with E-state index >= 15 is 4.79 Å². The first-order chi connectivity index (χ1) is 21.3. The van der Waals surface area contributed by atoms with Crippen molar-refractivity contribution in [3.63, 3.8) is 0 Å². The van der Waals surface area contributed by atoms with E-state index in [0.29, 0.717) is 28.3 Å². The summed E-state index contributed by atoms with van der Waals surface area (Å²) in [5.74, 6) is -0.820. The summed E-state index contributed by atoms with van der Waals surface area (Å²) in [7, 11) is 0. The number of ketones is 2. The van der Waals surface area contributed by atoms with Gasteiger partial charge in [-0.05, 0) is 68.3 Å². The van der Waals surface area contributed by atoms with Crippen LogP contribution in [0.25, 0.3) is 5.57 Å². The molecule has 0 bridgehead atoms. The number of nitrogens with zero attached hydrogens (tertiary/aromatic N) is 1. The Balaban J connectivity index is 1.43. The molecule has 4 aliphatic heterocycles. The Kier molecular flexibility index (Phi) is 5.66. The van der Waals surface area contributed by atoms with Crippen molar-refractivity contribution in [2.75, 3.05) is 17.0 Å². The molecule has 7 heteroatoms. The lowest BCUT2D eigenvalue weighted by atomic mass is 9.64. The smallest absolute Gasteiger partial charge is 0.238 e. The average molecular weight is 583 g/mol. The molecule has 7 nitrogen and oxygen atoms in total. The number of fused-ring (bicyclic) bond motifs is 7. The minimum atomic E-state index is -1.38. The van der Waals surface area contributed by atoms with Gasteiger partial charge in [-0.15, -0.1) is 0 Å². The molecule has 1 N–H and O–H groups in total. The van der Waals surface area contributed by atoms with Crippen LogP contribution in [0.5, 0.6) is 11.5 Å². The maximum absolute atomic E-state index is 15.1. The molecule has 4 aromatic rings. The highest BCUT2D eigenvalue weighted by Crippen LogP contribution is 2.59. The Hall–Kier alpha value is -5.17. The number of aryl methyl sites for hydroxylation is 2. The molecule has 4 atom stereocenters. The van der Waals surface area contributed by atoms with Crippen molar-refractivity contribution >= 4 is 34.4 Å². The van der Waals surface area contributed by atoms with Crippen molar-refractivity contribution < 1.29 is 23.9 Å². The van der Waals surface area contributed by atoms with Gasteiger partial charge in [-0.25, -0.2) is 0 Å². The number of rotatable bonds is 4. The second-order valence-corrected chi connectivity index (χ2v) is 12.2. The van der Waals surface area contributed by atoms with E-state index in [9.17, 15) is 9.59 Å². The Morgan fingerprint density at radius 3 is 2.36 bits per heavy atom. The SMILES string of the molecule is CC1=C[C@H]2N(c3ccc(C)cc31)[C@@H](C(=O)c1ccc(C)cc1)[C@@H](C(=O)c1ccc3c(c1)OCO3)[C@]21C(=O)Nc2ccccc21. The molecule has 4 aliphatic rings. The number of allylic oxidation sites excluding steroid dienone is 1. The fourth-order valence-corrected chi connectivity index (χ4v) is 7.66. The summed E-state index contributed by atoms with van der Waals surface area (Å²) in [6.45, 7) is 6.11. The lowest BCUT2D eigenvalue weighted by Crippen LogP contribution is -2.51. The van der Waals surface area contributed by atoms with Gasteiger partial charge < -0.3 is 19.7 Å². The summed E-state index contributed by atoms with van der Waals surface area (Å²) in [6.07, 6.45) is 2.08. The third-order valence-corrected chi connectivity index (χ3v) is 9.68. The van der Waals surface area contributed by atoms with E-state index in [-0.39, 0.29) is 24.3 Å². The average Bonchev–Trinajstić information content (AvgIpc) is 3.70. The van der Waals surface area contributed by atoms with Crippen molar-refractivity contribution in [1.82, 2.24) is 0 Å². The summed E-state index contributed by atoms with van der Waals surface area (Å²) in [5.41, 5.74) is 5.79. The lowest BCUT2D eigenvalue weighted by molar-refractivity contribution is -0.121. The van der Waals surface area contributed by atoms with E-state index in [4.69, 9.17) is 9.47 Å². The molecule has 0 unspecified atom stereocenters. The molecule has 8 rings (SSSR count). The fraction of sp³-hybridized carbons (Fsp3) is 0.216. The van der Waals surface area contributed by atoms with E-state index in [1.807, 2.05) is 86.3 Å². The maximum atomic E-state index is 15.1. The molecule has 1 spiro atoms. The zero-order chi connectivity index (χ0) is 30.3. The molecule has 44 heavy (non-hydrogen) atoms. The van der Waals surface area contributed by atoms with Crippen LogP contribution in [-0.2, 0) is 10.2 Å². The van der Waals surface area contributed by atoms with Gasteiger partial charge in [-0.1, -0.05) is 65.7 Å². The number of amides is 1.